The molecule has 2 aromatic carbocycles. The normalized spacial score (nSPS) is 12.7. The number of nitrogens with one attached hydrogen (secondary N) is 1. The molecule has 1 N–H and O–H groups in total. The summed E-state index contributed by atoms with van der Waals surface area (Å²) in [7, 11) is 0. The Bertz CT molecular complexity index is 985. The number of benzene rings is 2. The quantitative estimate of drug-likeness (QED) is 0.598. The Hall–Kier alpha value is -3.00. The van der Waals surface area contributed by atoms with Crippen molar-refractivity contribution >= 4 is 35.0 Å². The van der Waals surface area contributed by atoms with Crippen LogP contribution in [0.1, 0.15) is 12.5 Å². The van der Waals surface area contributed by atoms with Crippen molar-refractivity contribution in [2.24, 2.45) is 0 Å². The number of hydrogen-bond acceptors (Lipinski definition) is 6. The van der Waals surface area contributed by atoms with Gasteiger partial charge in [-0.15, -0.1) is 10.2 Å². The second-order valence-corrected chi connectivity index (χ2v) is 7.66. The third-order valence-corrected chi connectivity index (χ3v) is 5.58. The molecule has 150 valence electrons. The van der Waals surface area contributed by atoms with Gasteiger partial charge >= 0.3 is 0 Å². The number of rotatable bonds is 7. The summed E-state index contributed by atoms with van der Waals surface area (Å²) in [5, 5.41) is 12.3. The molecule has 0 saturated heterocycles. The molecule has 0 unspecified atom stereocenters. The lowest BCUT2D eigenvalue weighted by molar-refractivity contribution is -0.113. The molecule has 1 amide bonds. The van der Waals surface area contributed by atoms with E-state index in [1.165, 1.54) is 17.3 Å². The van der Waals surface area contributed by atoms with Crippen molar-refractivity contribution in [2.45, 2.75) is 25.5 Å². The third kappa shape index (κ3) is 4.37. The molecule has 8 heteroatoms. The number of aryl methyl sites for hydroxylation is 1. The zero-order valence-corrected chi connectivity index (χ0v) is 17.3. The fraction of sp³-hybridized carbons (Fsp3) is 0.286. The Kier molecular flexibility index (Phi) is 5.71. The van der Waals surface area contributed by atoms with E-state index in [4.69, 9.17) is 4.74 Å². The SMILES string of the molecule is CCOc1ccc(NC(=O)CSc2nnc3n2CCN3c2ccc(C)cc2)cc1. The van der Waals surface area contributed by atoms with Gasteiger partial charge in [-0.05, 0) is 50.2 Å². The lowest BCUT2D eigenvalue weighted by Crippen LogP contribution is -2.14. The van der Waals surface area contributed by atoms with Crippen LogP contribution in [-0.2, 0) is 11.3 Å². The maximum atomic E-state index is 12.3. The van der Waals surface area contributed by atoms with Crippen molar-refractivity contribution in [3.8, 4) is 5.75 Å². The third-order valence-electron chi connectivity index (χ3n) is 4.61. The zero-order valence-electron chi connectivity index (χ0n) is 16.5. The van der Waals surface area contributed by atoms with Crippen LogP contribution >= 0.6 is 11.8 Å². The van der Waals surface area contributed by atoms with Crippen LogP contribution in [0.25, 0.3) is 0 Å². The summed E-state index contributed by atoms with van der Waals surface area (Å²) < 4.78 is 7.48. The van der Waals surface area contributed by atoms with Gasteiger partial charge in [-0.25, -0.2) is 0 Å². The molecule has 1 aromatic heterocycles. The van der Waals surface area contributed by atoms with Crippen LogP contribution in [0.2, 0.25) is 0 Å². The minimum absolute atomic E-state index is 0.0788. The van der Waals surface area contributed by atoms with Crippen molar-refractivity contribution in [3.63, 3.8) is 0 Å². The van der Waals surface area contributed by atoms with E-state index in [9.17, 15) is 4.79 Å². The number of carbonyl (C=O) groups is 1. The lowest BCUT2D eigenvalue weighted by Gasteiger charge is -2.15. The first-order valence-corrected chi connectivity index (χ1v) is 10.6. The number of nitrogens with zero attached hydrogens (tertiary/aromatic N) is 4. The Morgan fingerprint density at radius 1 is 1.10 bits per heavy atom. The molecule has 0 aliphatic carbocycles. The van der Waals surface area contributed by atoms with Gasteiger partial charge in [0.1, 0.15) is 5.75 Å². The maximum absolute atomic E-state index is 12.3. The summed E-state index contributed by atoms with van der Waals surface area (Å²) in [6.45, 7) is 6.28. The molecule has 0 spiro atoms. The molecule has 0 radical (unpaired) electrons. The van der Waals surface area contributed by atoms with Gasteiger partial charge in [0.25, 0.3) is 0 Å². The zero-order chi connectivity index (χ0) is 20.2. The van der Waals surface area contributed by atoms with E-state index in [0.717, 1.165) is 41.3 Å². The first-order valence-electron chi connectivity index (χ1n) is 9.57. The fourth-order valence-electron chi connectivity index (χ4n) is 3.18. The number of anilines is 3. The van der Waals surface area contributed by atoms with Gasteiger partial charge in [0.05, 0.1) is 12.4 Å². The van der Waals surface area contributed by atoms with Crippen LogP contribution in [0.3, 0.4) is 0 Å². The topological polar surface area (TPSA) is 72.3 Å². The average Bonchev–Trinajstić information content (AvgIpc) is 3.31. The largest absolute Gasteiger partial charge is 0.494 e. The maximum Gasteiger partial charge on any atom is 0.234 e. The second-order valence-electron chi connectivity index (χ2n) is 6.72. The Morgan fingerprint density at radius 3 is 2.59 bits per heavy atom. The van der Waals surface area contributed by atoms with Gasteiger partial charge in [-0.2, -0.15) is 0 Å². The molecule has 4 rings (SSSR count). The number of thioether (sulfide) groups is 1. The smallest absolute Gasteiger partial charge is 0.234 e. The number of amides is 1. The predicted molar refractivity (Wildman–Crippen MR) is 115 cm³/mol. The molecule has 0 fully saturated rings. The molecule has 0 atom stereocenters. The first kappa shape index (κ1) is 19.3. The van der Waals surface area contributed by atoms with Gasteiger partial charge in [0.15, 0.2) is 5.16 Å². The van der Waals surface area contributed by atoms with Crippen LogP contribution in [-0.4, -0.2) is 39.6 Å². The van der Waals surface area contributed by atoms with Gasteiger partial charge in [0, 0.05) is 24.5 Å². The minimum Gasteiger partial charge on any atom is -0.494 e. The van der Waals surface area contributed by atoms with E-state index in [0.29, 0.717) is 6.61 Å². The van der Waals surface area contributed by atoms with Crippen LogP contribution < -0.4 is 15.0 Å². The highest BCUT2D eigenvalue weighted by atomic mass is 32.2. The molecule has 0 bridgehead atoms. The molecule has 3 aromatic rings. The van der Waals surface area contributed by atoms with E-state index in [1.54, 1.807) is 0 Å². The Balaban J connectivity index is 1.36. The standard InChI is InChI=1S/C21H23N5O2S/c1-3-28-18-10-6-16(7-11-18)22-19(27)14-29-21-24-23-20-25(12-13-26(20)21)17-8-4-15(2)5-9-17/h4-11H,3,12-14H2,1-2H3,(H,22,27). The van der Waals surface area contributed by atoms with Gasteiger partial charge in [-0.3, -0.25) is 9.36 Å². The number of carbonyl (C=O) groups excluding carboxylic acids is 1. The molecule has 1 aliphatic rings. The first-order chi connectivity index (χ1) is 14.1. The van der Waals surface area contributed by atoms with Gasteiger partial charge in [-0.1, -0.05) is 29.5 Å². The molecule has 0 saturated carbocycles. The Morgan fingerprint density at radius 2 is 1.86 bits per heavy atom. The highest BCUT2D eigenvalue weighted by Gasteiger charge is 2.26. The van der Waals surface area contributed by atoms with Crippen molar-refractivity contribution in [2.75, 3.05) is 29.1 Å². The van der Waals surface area contributed by atoms with Crippen molar-refractivity contribution < 1.29 is 9.53 Å². The van der Waals surface area contributed by atoms with Crippen LogP contribution in [0.4, 0.5) is 17.3 Å². The van der Waals surface area contributed by atoms with E-state index < -0.39 is 0 Å². The second kappa shape index (κ2) is 8.57. The average molecular weight is 410 g/mol. The van der Waals surface area contributed by atoms with Gasteiger partial charge < -0.3 is 15.0 Å². The number of aromatic nitrogens is 3. The molecule has 1 aliphatic heterocycles. The summed E-state index contributed by atoms with van der Waals surface area (Å²) >= 11 is 1.40. The summed E-state index contributed by atoms with van der Waals surface area (Å²) in [6, 6.07) is 15.7. The fourth-order valence-corrected chi connectivity index (χ4v) is 3.94. The number of fused-ring (bicyclic) bond motifs is 1. The van der Waals surface area contributed by atoms with Gasteiger partial charge in [0.2, 0.25) is 11.9 Å². The molecular formula is C21H23N5O2S. The molecule has 29 heavy (non-hydrogen) atoms. The summed E-state index contributed by atoms with van der Waals surface area (Å²) in [6.07, 6.45) is 0. The minimum atomic E-state index is -0.0788. The number of hydrogen-bond donors (Lipinski definition) is 1. The Labute approximate surface area is 174 Å². The van der Waals surface area contributed by atoms with Crippen molar-refractivity contribution in [1.29, 1.82) is 0 Å². The van der Waals surface area contributed by atoms with Crippen molar-refractivity contribution in [1.82, 2.24) is 14.8 Å². The van der Waals surface area contributed by atoms with E-state index >= 15 is 0 Å². The van der Waals surface area contributed by atoms with Crippen molar-refractivity contribution in [3.05, 3.63) is 54.1 Å². The van der Waals surface area contributed by atoms with Crippen LogP contribution in [0.15, 0.2) is 53.7 Å². The lowest BCUT2D eigenvalue weighted by atomic mass is 10.2. The highest BCUT2D eigenvalue weighted by Crippen LogP contribution is 2.32. The molecule has 7 nitrogen and oxygen atoms in total. The summed E-state index contributed by atoms with van der Waals surface area (Å²) in [5.74, 6) is 1.81. The molecular weight excluding hydrogens is 386 g/mol. The van der Waals surface area contributed by atoms with E-state index in [-0.39, 0.29) is 11.7 Å². The predicted octanol–water partition coefficient (Wildman–Crippen LogP) is 3.87. The highest BCUT2D eigenvalue weighted by molar-refractivity contribution is 7.99. The summed E-state index contributed by atoms with van der Waals surface area (Å²) in [5.41, 5.74) is 3.08. The molecule has 2 heterocycles. The van der Waals surface area contributed by atoms with Crippen LogP contribution in [0.5, 0.6) is 5.75 Å². The van der Waals surface area contributed by atoms with Crippen LogP contribution in [0, 0.1) is 6.92 Å². The number of ether oxygens (including phenoxy) is 1. The van der Waals surface area contributed by atoms with E-state index in [1.807, 2.05) is 31.2 Å². The summed E-state index contributed by atoms with van der Waals surface area (Å²) in [4.78, 5) is 14.5. The monoisotopic (exact) mass is 409 g/mol. The van der Waals surface area contributed by atoms with E-state index in [2.05, 4.69) is 56.2 Å².